The Morgan fingerprint density at radius 1 is 0.589 bits per heavy atom. The van der Waals surface area contributed by atoms with E-state index in [-0.39, 0.29) is 19.6 Å². The third kappa shape index (κ3) is 19.9. The van der Waals surface area contributed by atoms with E-state index < -0.39 is 86.7 Å². The molecule has 14 heteroatoms. The molecule has 0 bridgehead atoms. The summed E-state index contributed by atoms with van der Waals surface area (Å²) >= 11 is 0. The molecule has 14 nitrogen and oxygen atoms in total. The minimum absolute atomic E-state index is 0.0383. The Morgan fingerprint density at radius 3 is 1.66 bits per heavy atom. The number of allylic oxidation sites excluding steroid dienone is 10. The molecular weight excluding hydrogens is 728 g/mol. The van der Waals surface area contributed by atoms with E-state index in [0.717, 1.165) is 70.6 Å². The van der Waals surface area contributed by atoms with Crippen LogP contribution in [0.4, 0.5) is 0 Å². The van der Waals surface area contributed by atoms with Crippen molar-refractivity contribution in [2.24, 2.45) is 0 Å². The smallest absolute Gasteiger partial charge is 0.305 e. The first kappa shape index (κ1) is 49.8. The molecule has 2 saturated heterocycles. The van der Waals surface area contributed by atoms with E-state index in [1.807, 2.05) is 0 Å². The second kappa shape index (κ2) is 30.7. The van der Waals surface area contributed by atoms with E-state index in [1.54, 1.807) is 6.92 Å². The summed E-state index contributed by atoms with van der Waals surface area (Å²) < 4.78 is 33.3. The van der Waals surface area contributed by atoms with Gasteiger partial charge >= 0.3 is 5.97 Å². The number of rotatable bonds is 29. The van der Waals surface area contributed by atoms with Gasteiger partial charge in [-0.05, 0) is 51.4 Å². The maximum absolute atomic E-state index is 12.1. The van der Waals surface area contributed by atoms with Crippen molar-refractivity contribution < 1.29 is 69.0 Å². The Balaban J connectivity index is 1.61. The summed E-state index contributed by atoms with van der Waals surface area (Å²) in [5.41, 5.74) is 0. The first-order valence-electron chi connectivity index (χ1n) is 20.4. The van der Waals surface area contributed by atoms with Crippen molar-refractivity contribution in [3.05, 3.63) is 60.8 Å². The highest BCUT2D eigenvalue weighted by Crippen LogP contribution is 2.26. The lowest BCUT2D eigenvalue weighted by atomic mass is 9.98. The number of hydrogen-bond acceptors (Lipinski definition) is 14. The third-order valence-electron chi connectivity index (χ3n) is 9.35. The van der Waals surface area contributed by atoms with E-state index >= 15 is 0 Å². The zero-order valence-corrected chi connectivity index (χ0v) is 33.3. The van der Waals surface area contributed by atoms with Gasteiger partial charge in [-0.15, -0.1) is 0 Å². The largest absolute Gasteiger partial charge is 0.457 e. The molecule has 2 aliphatic heterocycles. The number of aliphatic hydroxyl groups is 7. The number of carbonyl (C=O) groups is 1. The molecule has 2 fully saturated rings. The Bertz CT molecular complexity index is 1160. The Morgan fingerprint density at radius 2 is 1.09 bits per heavy atom. The average Bonchev–Trinajstić information content (AvgIpc) is 3.20. The zero-order chi connectivity index (χ0) is 41.0. The van der Waals surface area contributed by atoms with Gasteiger partial charge in [-0.1, -0.05) is 100 Å². The minimum atomic E-state index is -1.71. The average molecular weight is 799 g/mol. The fraction of sp³-hybridized carbons (Fsp3) is 0.738. The molecule has 0 aromatic heterocycles. The highest BCUT2D eigenvalue weighted by molar-refractivity contribution is 5.69. The molecule has 0 spiro atoms. The second-order valence-corrected chi connectivity index (χ2v) is 14.0. The first-order chi connectivity index (χ1) is 27.1. The number of ether oxygens (including phenoxy) is 6. The molecule has 56 heavy (non-hydrogen) atoms. The minimum Gasteiger partial charge on any atom is -0.457 e. The fourth-order valence-electron chi connectivity index (χ4n) is 5.93. The third-order valence-corrected chi connectivity index (χ3v) is 9.35. The molecule has 0 aromatic carbocycles. The number of esters is 1. The van der Waals surface area contributed by atoms with Gasteiger partial charge in [0.1, 0.15) is 54.9 Å². The molecule has 11 atom stereocenters. The molecule has 0 saturated carbocycles. The van der Waals surface area contributed by atoms with Crippen LogP contribution in [-0.4, -0.2) is 142 Å². The molecule has 2 aliphatic rings. The first-order valence-corrected chi connectivity index (χ1v) is 20.4. The van der Waals surface area contributed by atoms with Crippen LogP contribution in [0.15, 0.2) is 60.8 Å². The highest BCUT2D eigenvalue weighted by Gasteiger charge is 2.47. The van der Waals surface area contributed by atoms with Crippen LogP contribution in [0.5, 0.6) is 0 Å². The molecule has 2 heterocycles. The van der Waals surface area contributed by atoms with Gasteiger partial charge in [0.25, 0.3) is 0 Å². The molecule has 322 valence electrons. The van der Waals surface area contributed by atoms with Crippen molar-refractivity contribution in [1.29, 1.82) is 0 Å². The van der Waals surface area contributed by atoms with Crippen LogP contribution in [0.1, 0.15) is 97.3 Å². The van der Waals surface area contributed by atoms with E-state index in [9.17, 15) is 40.5 Å². The van der Waals surface area contributed by atoms with E-state index in [0.29, 0.717) is 6.61 Å². The summed E-state index contributed by atoms with van der Waals surface area (Å²) in [5.74, 6) is -0.474. The van der Waals surface area contributed by atoms with Crippen molar-refractivity contribution in [2.45, 2.75) is 165 Å². The number of aliphatic hydroxyl groups excluding tert-OH is 7. The van der Waals surface area contributed by atoms with Gasteiger partial charge in [0.15, 0.2) is 12.6 Å². The summed E-state index contributed by atoms with van der Waals surface area (Å²) in [6.07, 6.45) is 18.5. The summed E-state index contributed by atoms with van der Waals surface area (Å²) in [6, 6.07) is 0. The molecular formula is C42H70O14. The maximum Gasteiger partial charge on any atom is 0.305 e. The van der Waals surface area contributed by atoms with Crippen molar-refractivity contribution in [3.63, 3.8) is 0 Å². The molecule has 11 unspecified atom stereocenters. The molecule has 0 radical (unpaired) electrons. The SMILES string of the molecule is CC/C=C\C/C=C\C/C=C\C/C=C\C/C=C\CCCCCCCCOCC(COC1OC(COC2OC(CO)C(O)C(O)C2O)C(O)C(O)C1O)OC(=O)CC. The summed E-state index contributed by atoms with van der Waals surface area (Å²) in [7, 11) is 0. The van der Waals surface area contributed by atoms with Crippen LogP contribution in [0, 0.1) is 0 Å². The van der Waals surface area contributed by atoms with Crippen molar-refractivity contribution in [1.82, 2.24) is 0 Å². The molecule has 0 aromatic rings. The van der Waals surface area contributed by atoms with Crippen LogP contribution in [0.3, 0.4) is 0 Å². The predicted molar refractivity (Wildman–Crippen MR) is 210 cm³/mol. The highest BCUT2D eigenvalue weighted by atomic mass is 16.7. The second-order valence-electron chi connectivity index (χ2n) is 14.0. The van der Waals surface area contributed by atoms with Crippen molar-refractivity contribution >= 4 is 5.97 Å². The summed E-state index contributed by atoms with van der Waals surface area (Å²) in [5, 5.41) is 71.1. The number of hydrogen-bond donors (Lipinski definition) is 7. The van der Waals surface area contributed by atoms with Gasteiger partial charge in [-0.3, -0.25) is 4.79 Å². The quantitative estimate of drug-likeness (QED) is 0.0328. The van der Waals surface area contributed by atoms with Gasteiger partial charge in [0.2, 0.25) is 0 Å². The van der Waals surface area contributed by atoms with Crippen LogP contribution in [-0.2, 0) is 33.2 Å². The fourth-order valence-corrected chi connectivity index (χ4v) is 5.93. The molecule has 7 N–H and O–H groups in total. The standard InChI is InChI=1S/C42H70O14/c1-3-5-6-7-8-9-10-11-12-13-14-15-16-17-18-19-20-21-22-23-24-25-26-51-28-31(54-34(44)4-2)29-52-41-40(50)38(48)36(46)33(56-41)30-53-42-39(49)37(47)35(45)32(27-43)55-42/h5-6,8-9,11-12,14-15,17-18,31-33,35-43,45-50H,3-4,7,10,13,16,19-30H2,1-2H3/b6-5-,9-8-,12-11-,15-14-,18-17-. The topological polar surface area (TPSA) is 214 Å². The maximum atomic E-state index is 12.1. The molecule has 0 amide bonds. The van der Waals surface area contributed by atoms with E-state index in [1.165, 1.54) is 6.42 Å². The lowest BCUT2D eigenvalue weighted by Gasteiger charge is -2.42. The predicted octanol–water partition coefficient (Wildman–Crippen LogP) is 3.45. The van der Waals surface area contributed by atoms with Gasteiger partial charge in [-0.2, -0.15) is 0 Å². The normalized spacial score (nSPS) is 29.4. The van der Waals surface area contributed by atoms with Gasteiger partial charge in [0, 0.05) is 13.0 Å². The Hall–Kier alpha value is -2.31. The monoisotopic (exact) mass is 798 g/mol. The van der Waals surface area contributed by atoms with Gasteiger partial charge in [0.05, 0.1) is 26.4 Å². The molecule has 2 rings (SSSR count). The van der Waals surface area contributed by atoms with Crippen LogP contribution >= 0.6 is 0 Å². The van der Waals surface area contributed by atoms with Crippen molar-refractivity contribution in [2.75, 3.05) is 33.0 Å². The van der Waals surface area contributed by atoms with Crippen LogP contribution in [0.2, 0.25) is 0 Å². The molecule has 0 aliphatic carbocycles. The van der Waals surface area contributed by atoms with Crippen molar-refractivity contribution in [3.8, 4) is 0 Å². The van der Waals surface area contributed by atoms with Gasteiger partial charge < -0.3 is 64.2 Å². The summed E-state index contributed by atoms with van der Waals surface area (Å²) in [4.78, 5) is 12.1. The van der Waals surface area contributed by atoms with E-state index in [4.69, 9.17) is 28.4 Å². The lowest BCUT2D eigenvalue weighted by Crippen LogP contribution is -2.61. The van der Waals surface area contributed by atoms with E-state index in [2.05, 4.69) is 67.7 Å². The number of unbranched alkanes of at least 4 members (excludes halogenated alkanes) is 6. The van der Waals surface area contributed by atoms with Gasteiger partial charge in [-0.25, -0.2) is 0 Å². The van der Waals surface area contributed by atoms with Crippen LogP contribution in [0.25, 0.3) is 0 Å². The lowest BCUT2D eigenvalue weighted by molar-refractivity contribution is -0.332. The summed E-state index contributed by atoms with van der Waals surface area (Å²) in [6.45, 7) is 2.90. The number of carbonyl (C=O) groups excluding carboxylic acids is 1. The van der Waals surface area contributed by atoms with Crippen LogP contribution < -0.4 is 0 Å². The zero-order valence-electron chi connectivity index (χ0n) is 33.3. The Kier molecular flexibility index (Phi) is 27.3. The Labute approximate surface area is 333 Å².